The number of rotatable bonds is 5. The van der Waals surface area contributed by atoms with Crippen molar-refractivity contribution < 1.29 is 4.79 Å². The van der Waals surface area contributed by atoms with Gasteiger partial charge in [0.15, 0.2) is 0 Å². The summed E-state index contributed by atoms with van der Waals surface area (Å²) in [6.45, 7) is 5.53. The lowest BCUT2D eigenvalue weighted by Gasteiger charge is -2.25. The fourth-order valence-electron chi connectivity index (χ4n) is 2.81. The molecule has 8 nitrogen and oxygen atoms in total. The van der Waals surface area contributed by atoms with Gasteiger partial charge in [-0.3, -0.25) is 14.8 Å². The van der Waals surface area contributed by atoms with Crippen molar-refractivity contribution in [3.05, 3.63) is 36.9 Å². The molecule has 0 aromatic carbocycles. The Labute approximate surface area is 156 Å². The Balaban J connectivity index is 1.61. The van der Waals surface area contributed by atoms with E-state index in [9.17, 15) is 4.79 Å². The van der Waals surface area contributed by atoms with Gasteiger partial charge in [-0.1, -0.05) is 0 Å². The highest BCUT2D eigenvalue weighted by Crippen LogP contribution is 2.23. The van der Waals surface area contributed by atoms with Crippen LogP contribution in [-0.2, 0) is 4.79 Å². The number of nitrogens with one attached hydrogen (secondary N) is 3. The molecule has 0 spiro atoms. The molecule has 0 atom stereocenters. The number of amides is 1. The monoisotopic (exact) mass is 363 g/mol. The van der Waals surface area contributed by atoms with E-state index < -0.39 is 0 Å². The molecule has 0 radical (unpaired) electrons. The molecule has 1 aliphatic rings. The topological polar surface area (TPSA) is 105 Å². The third-order valence-corrected chi connectivity index (χ3v) is 4.34. The van der Waals surface area contributed by atoms with Crippen molar-refractivity contribution in [2.24, 2.45) is 5.92 Å². The number of hydrogen-bond acceptors (Lipinski definition) is 7. The molecule has 3 aromatic rings. The lowest BCUT2D eigenvalue weighted by molar-refractivity contribution is -0.121. The van der Waals surface area contributed by atoms with Gasteiger partial charge < -0.3 is 16.0 Å². The fourth-order valence-corrected chi connectivity index (χ4v) is 2.81. The minimum atomic E-state index is -0.0111. The molecule has 3 aromatic heterocycles. The Morgan fingerprint density at radius 2 is 1.96 bits per heavy atom. The van der Waals surface area contributed by atoms with E-state index in [0.29, 0.717) is 18.9 Å². The van der Waals surface area contributed by atoms with E-state index in [1.165, 1.54) is 0 Å². The van der Waals surface area contributed by atoms with Crippen molar-refractivity contribution in [1.82, 2.24) is 25.3 Å². The van der Waals surface area contributed by atoms with Crippen LogP contribution in [0.1, 0.15) is 13.8 Å². The molecule has 0 aliphatic carbocycles. The summed E-state index contributed by atoms with van der Waals surface area (Å²) in [6.07, 6.45) is 6.83. The van der Waals surface area contributed by atoms with Gasteiger partial charge in [-0.2, -0.15) is 0 Å². The molecule has 1 saturated heterocycles. The Bertz CT molecular complexity index is 985. The first-order chi connectivity index (χ1) is 13.1. The summed E-state index contributed by atoms with van der Waals surface area (Å²) < 4.78 is 0. The van der Waals surface area contributed by atoms with Gasteiger partial charge in [0.25, 0.3) is 0 Å². The highest BCUT2D eigenvalue weighted by molar-refractivity contribution is 5.94. The summed E-state index contributed by atoms with van der Waals surface area (Å²) in [5.74, 6) is 1.25. The summed E-state index contributed by atoms with van der Waals surface area (Å²) in [7, 11) is 0. The second-order valence-corrected chi connectivity index (χ2v) is 6.92. The van der Waals surface area contributed by atoms with Crippen LogP contribution in [0.5, 0.6) is 0 Å². The van der Waals surface area contributed by atoms with E-state index in [4.69, 9.17) is 0 Å². The quantitative estimate of drug-likeness (QED) is 0.637. The second-order valence-electron chi connectivity index (χ2n) is 6.92. The maximum Gasteiger partial charge on any atom is 0.231 e. The predicted molar refractivity (Wildman–Crippen MR) is 104 cm³/mol. The molecule has 4 heterocycles. The van der Waals surface area contributed by atoms with Crippen LogP contribution in [0.4, 0.5) is 11.6 Å². The highest BCUT2D eigenvalue weighted by atomic mass is 16.2. The van der Waals surface area contributed by atoms with Crippen molar-refractivity contribution in [3.8, 4) is 11.3 Å². The van der Waals surface area contributed by atoms with E-state index >= 15 is 0 Å². The molecule has 0 saturated carbocycles. The molecule has 1 aliphatic heterocycles. The third-order valence-electron chi connectivity index (χ3n) is 4.34. The number of anilines is 2. The standard InChI is InChI=1S/C19H21N7O/c1-11(2)24-18-10-21-8-16(25-18)13-3-12-4-17(23-9-15(12)22-7-13)26-19(27)14-5-20-6-14/h3-4,7-11,14,20H,5-6H2,1-2H3,(H,24,25)(H,23,26,27). The zero-order valence-corrected chi connectivity index (χ0v) is 15.2. The maximum atomic E-state index is 12.1. The summed E-state index contributed by atoms with van der Waals surface area (Å²) in [5, 5.41) is 10.1. The molecule has 0 bridgehead atoms. The molecule has 3 N–H and O–H groups in total. The SMILES string of the molecule is CC(C)Nc1cncc(-c2cnc3cnc(NC(=O)C4CNC4)cc3c2)n1. The van der Waals surface area contributed by atoms with Gasteiger partial charge >= 0.3 is 0 Å². The van der Waals surface area contributed by atoms with E-state index in [2.05, 4.69) is 49.7 Å². The highest BCUT2D eigenvalue weighted by Gasteiger charge is 2.25. The van der Waals surface area contributed by atoms with Crippen molar-refractivity contribution in [2.75, 3.05) is 23.7 Å². The van der Waals surface area contributed by atoms with Gasteiger partial charge in [-0.15, -0.1) is 0 Å². The van der Waals surface area contributed by atoms with Crippen LogP contribution in [0.25, 0.3) is 22.2 Å². The number of carbonyl (C=O) groups is 1. The molecule has 138 valence electrons. The van der Waals surface area contributed by atoms with Crippen molar-refractivity contribution in [2.45, 2.75) is 19.9 Å². The van der Waals surface area contributed by atoms with Gasteiger partial charge in [0.1, 0.15) is 11.6 Å². The maximum absolute atomic E-state index is 12.1. The lowest BCUT2D eigenvalue weighted by Crippen LogP contribution is -2.48. The summed E-state index contributed by atoms with van der Waals surface area (Å²) in [5.41, 5.74) is 2.35. The Hall–Kier alpha value is -3.13. The second kappa shape index (κ2) is 7.24. The first-order valence-corrected chi connectivity index (χ1v) is 8.95. The largest absolute Gasteiger partial charge is 0.367 e. The van der Waals surface area contributed by atoms with Gasteiger partial charge in [-0.25, -0.2) is 9.97 Å². The Morgan fingerprint density at radius 3 is 2.70 bits per heavy atom. The van der Waals surface area contributed by atoms with E-state index in [1.807, 2.05) is 12.1 Å². The van der Waals surface area contributed by atoms with Gasteiger partial charge in [0.05, 0.1) is 35.7 Å². The number of hydrogen-bond donors (Lipinski definition) is 3. The number of aromatic nitrogens is 4. The summed E-state index contributed by atoms with van der Waals surface area (Å²) in [4.78, 5) is 29.7. The molecule has 0 unspecified atom stereocenters. The van der Waals surface area contributed by atoms with Crippen LogP contribution >= 0.6 is 0 Å². The van der Waals surface area contributed by atoms with Crippen LogP contribution in [-0.4, -0.2) is 45.0 Å². The van der Waals surface area contributed by atoms with Crippen LogP contribution in [0, 0.1) is 5.92 Å². The molecular weight excluding hydrogens is 342 g/mol. The molecule has 1 amide bonds. The zero-order chi connectivity index (χ0) is 18.8. The number of carbonyl (C=O) groups excluding carboxylic acids is 1. The molecule has 1 fully saturated rings. The summed E-state index contributed by atoms with van der Waals surface area (Å²) >= 11 is 0. The number of pyridine rings is 2. The smallest absolute Gasteiger partial charge is 0.231 e. The zero-order valence-electron chi connectivity index (χ0n) is 15.2. The number of nitrogens with zero attached hydrogens (tertiary/aromatic N) is 4. The average molecular weight is 363 g/mol. The normalized spacial score (nSPS) is 14.2. The minimum Gasteiger partial charge on any atom is -0.367 e. The third kappa shape index (κ3) is 3.85. The van der Waals surface area contributed by atoms with Gasteiger partial charge in [0.2, 0.25) is 5.91 Å². The lowest BCUT2D eigenvalue weighted by atomic mass is 10.0. The van der Waals surface area contributed by atoms with Crippen molar-refractivity contribution >= 4 is 28.4 Å². The van der Waals surface area contributed by atoms with Crippen LogP contribution in [0.15, 0.2) is 36.9 Å². The fraction of sp³-hybridized carbons (Fsp3) is 0.316. The first-order valence-electron chi connectivity index (χ1n) is 8.95. The number of fused-ring (bicyclic) bond motifs is 1. The van der Waals surface area contributed by atoms with Crippen LogP contribution < -0.4 is 16.0 Å². The summed E-state index contributed by atoms with van der Waals surface area (Å²) in [6, 6.07) is 4.08. The molecular formula is C19H21N7O. The van der Waals surface area contributed by atoms with E-state index in [-0.39, 0.29) is 17.9 Å². The van der Waals surface area contributed by atoms with Crippen LogP contribution in [0.3, 0.4) is 0 Å². The molecule has 8 heteroatoms. The molecule has 27 heavy (non-hydrogen) atoms. The molecule has 4 rings (SSSR count). The van der Waals surface area contributed by atoms with E-state index in [1.54, 1.807) is 24.8 Å². The van der Waals surface area contributed by atoms with Crippen molar-refractivity contribution in [1.29, 1.82) is 0 Å². The van der Waals surface area contributed by atoms with Crippen molar-refractivity contribution in [3.63, 3.8) is 0 Å². The minimum absolute atomic E-state index is 0.0111. The van der Waals surface area contributed by atoms with Gasteiger partial charge in [0, 0.05) is 36.3 Å². The Kier molecular flexibility index (Phi) is 4.64. The van der Waals surface area contributed by atoms with E-state index in [0.717, 1.165) is 28.0 Å². The average Bonchev–Trinajstić information content (AvgIpc) is 2.59. The predicted octanol–water partition coefficient (Wildman–Crippen LogP) is 2.06. The Morgan fingerprint density at radius 1 is 1.11 bits per heavy atom. The van der Waals surface area contributed by atoms with Crippen LogP contribution in [0.2, 0.25) is 0 Å². The van der Waals surface area contributed by atoms with Gasteiger partial charge in [-0.05, 0) is 26.0 Å². The first kappa shape index (κ1) is 17.3.